The normalized spacial score (nSPS) is 21.8. The number of benzene rings is 1. The summed E-state index contributed by atoms with van der Waals surface area (Å²) in [5.41, 5.74) is 3.15. The van der Waals surface area contributed by atoms with Gasteiger partial charge in [-0.2, -0.15) is 5.10 Å². The van der Waals surface area contributed by atoms with E-state index in [0.29, 0.717) is 12.0 Å². The van der Waals surface area contributed by atoms with Gasteiger partial charge in [0.15, 0.2) is 0 Å². The number of nitrogens with zero attached hydrogens (tertiary/aromatic N) is 3. The summed E-state index contributed by atoms with van der Waals surface area (Å²) in [6, 6.07) is 12.2. The molecule has 0 amide bonds. The molecule has 0 spiro atoms. The number of pyridine rings is 1. The van der Waals surface area contributed by atoms with Gasteiger partial charge >= 0.3 is 0 Å². The maximum absolute atomic E-state index is 12.4. The highest BCUT2D eigenvalue weighted by atomic mass is 16.5. The Morgan fingerprint density at radius 1 is 1.03 bits per heavy atom. The molecular formula is C23H26N4O2. The summed E-state index contributed by atoms with van der Waals surface area (Å²) < 4.78 is 7.12. The number of ether oxygens (including phenoxy) is 1. The van der Waals surface area contributed by atoms with Gasteiger partial charge in [-0.15, -0.1) is 0 Å². The Labute approximate surface area is 169 Å². The van der Waals surface area contributed by atoms with Crippen molar-refractivity contribution in [2.75, 3.05) is 12.4 Å². The van der Waals surface area contributed by atoms with E-state index in [2.05, 4.69) is 15.4 Å². The molecule has 0 bridgehead atoms. The Morgan fingerprint density at radius 3 is 2.62 bits per heavy atom. The van der Waals surface area contributed by atoms with Crippen molar-refractivity contribution in [2.24, 2.45) is 0 Å². The summed E-state index contributed by atoms with van der Waals surface area (Å²) in [6.07, 6.45) is 8.20. The predicted octanol–water partition coefficient (Wildman–Crippen LogP) is 4.27. The summed E-state index contributed by atoms with van der Waals surface area (Å²) in [7, 11) is 1.68. The number of aromatic nitrogens is 3. The van der Waals surface area contributed by atoms with E-state index in [-0.39, 0.29) is 11.6 Å². The second kappa shape index (κ2) is 7.50. The van der Waals surface area contributed by atoms with Crippen molar-refractivity contribution < 1.29 is 4.74 Å². The Balaban J connectivity index is 1.30. The zero-order valence-corrected chi connectivity index (χ0v) is 16.7. The molecule has 0 unspecified atom stereocenters. The molecule has 5 rings (SSSR count). The minimum atomic E-state index is 0.0260. The number of fused-ring (bicyclic) bond motifs is 1. The van der Waals surface area contributed by atoms with Gasteiger partial charge in [-0.05, 0) is 68.9 Å². The van der Waals surface area contributed by atoms with Crippen molar-refractivity contribution >= 4 is 16.6 Å². The SMILES string of the molecule is COc1ccc2nccc(NC3CCC(n4nc(C5CC5)ccc4=O)CC3)c2c1. The standard InChI is InChI=1S/C23H26N4O2/c1-29-18-8-9-21-19(14-18)22(12-13-24-21)25-16-4-6-17(7-5-16)27-23(28)11-10-20(26-27)15-2-3-15/h8-17H,2-7H2,1H3,(H,24,25). The number of anilines is 1. The van der Waals surface area contributed by atoms with Crippen LogP contribution in [0.25, 0.3) is 10.9 Å². The van der Waals surface area contributed by atoms with Crippen LogP contribution in [0.5, 0.6) is 5.75 Å². The van der Waals surface area contributed by atoms with Gasteiger partial charge in [-0.25, -0.2) is 4.68 Å². The van der Waals surface area contributed by atoms with Gasteiger partial charge in [0.05, 0.1) is 24.4 Å². The van der Waals surface area contributed by atoms with Crippen LogP contribution in [-0.4, -0.2) is 27.9 Å². The summed E-state index contributed by atoms with van der Waals surface area (Å²) in [5.74, 6) is 1.40. The topological polar surface area (TPSA) is 69.0 Å². The van der Waals surface area contributed by atoms with E-state index in [0.717, 1.165) is 53.7 Å². The highest BCUT2D eigenvalue weighted by Crippen LogP contribution is 2.39. The lowest BCUT2D eigenvalue weighted by molar-refractivity contribution is 0.302. The molecule has 0 radical (unpaired) electrons. The Morgan fingerprint density at radius 2 is 1.86 bits per heavy atom. The lowest BCUT2D eigenvalue weighted by Gasteiger charge is -2.30. The summed E-state index contributed by atoms with van der Waals surface area (Å²) in [4.78, 5) is 16.8. The highest BCUT2D eigenvalue weighted by molar-refractivity contribution is 5.92. The predicted molar refractivity (Wildman–Crippen MR) is 114 cm³/mol. The number of rotatable bonds is 5. The first-order valence-electron chi connectivity index (χ1n) is 10.5. The van der Waals surface area contributed by atoms with Crippen molar-refractivity contribution in [3.05, 3.63) is 58.6 Å². The van der Waals surface area contributed by atoms with Crippen LogP contribution in [0.3, 0.4) is 0 Å². The van der Waals surface area contributed by atoms with E-state index in [1.54, 1.807) is 17.9 Å². The molecule has 1 N–H and O–H groups in total. The van der Waals surface area contributed by atoms with Crippen molar-refractivity contribution in [1.82, 2.24) is 14.8 Å². The zero-order valence-electron chi connectivity index (χ0n) is 16.7. The van der Waals surface area contributed by atoms with Crippen LogP contribution in [0.15, 0.2) is 47.4 Å². The summed E-state index contributed by atoms with van der Waals surface area (Å²) >= 11 is 0. The minimum Gasteiger partial charge on any atom is -0.497 e. The van der Waals surface area contributed by atoms with Crippen LogP contribution in [0.4, 0.5) is 5.69 Å². The average molecular weight is 390 g/mol. The second-order valence-corrected chi connectivity index (χ2v) is 8.21. The summed E-state index contributed by atoms with van der Waals surface area (Å²) in [5, 5.41) is 9.46. The molecule has 2 aliphatic carbocycles. The monoisotopic (exact) mass is 390 g/mol. The molecule has 2 aromatic heterocycles. The molecule has 0 atom stereocenters. The van der Waals surface area contributed by atoms with Crippen LogP contribution >= 0.6 is 0 Å². The van der Waals surface area contributed by atoms with E-state index in [9.17, 15) is 4.79 Å². The molecule has 2 fully saturated rings. The first-order valence-corrected chi connectivity index (χ1v) is 10.5. The van der Waals surface area contributed by atoms with Gasteiger partial charge in [0.1, 0.15) is 5.75 Å². The quantitative estimate of drug-likeness (QED) is 0.704. The van der Waals surface area contributed by atoms with Crippen molar-refractivity contribution in [3.8, 4) is 5.75 Å². The molecule has 150 valence electrons. The molecule has 1 aromatic carbocycles. The van der Waals surface area contributed by atoms with Crippen LogP contribution in [0.1, 0.15) is 56.2 Å². The molecule has 29 heavy (non-hydrogen) atoms. The molecular weight excluding hydrogens is 364 g/mol. The minimum absolute atomic E-state index is 0.0260. The lowest BCUT2D eigenvalue weighted by Crippen LogP contribution is -2.33. The van der Waals surface area contributed by atoms with E-state index in [1.807, 2.05) is 36.5 Å². The van der Waals surface area contributed by atoms with Gasteiger partial charge in [-0.1, -0.05) is 0 Å². The molecule has 0 saturated heterocycles. The van der Waals surface area contributed by atoms with Gasteiger partial charge < -0.3 is 10.1 Å². The molecule has 2 heterocycles. The largest absolute Gasteiger partial charge is 0.497 e. The van der Waals surface area contributed by atoms with Crippen LogP contribution in [-0.2, 0) is 0 Å². The number of nitrogens with one attached hydrogen (secondary N) is 1. The number of methoxy groups -OCH3 is 1. The Kier molecular flexibility index (Phi) is 4.70. The van der Waals surface area contributed by atoms with Crippen molar-refractivity contribution in [1.29, 1.82) is 0 Å². The molecule has 6 heteroatoms. The van der Waals surface area contributed by atoms with Gasteiger partial charge in [-0.3, -0.25) is 9.78 Å². The van der Waals surface area contributed by atoms with E-state index >= 15 is 0 Å². The maximum atomic E-state index is 12.4. The third kappa shape index (κ3) is 3.71. The third-order valence-electron chi connectivity index (χ3n) is 6.19. The first kappa shape index (κ1) is 18.2. The molecule has 6 nitrogen and oxygen atoms in total. The van der Waals surface area contributed by atoms with E-state index in [4.69, 9.17) is 4.74 Å². The fourth-order valence-electron chi connectivity index (χ4n) is 4.36. The van der Waals surface area contributed by atoms with Crippen molar-refractivity contribution in [3.63, 3.8) is 0 Å². The molecule has 2 saturated carbocycles. The van der Waals surface area contributed by atoms with Crippen LogP contribution in [0.2, 0.25) is 0 Å². The van der Waals surface area contributed by atoms with Crippen molar-refractivity contribution in [2.45, 2.75) is 56.5 Å². The number of hydrogen-bond donors (Lipinski definition) is 1. The highest BCUT2D eigenvalue weighted by Gasteiger charge is 2.28. The lowest BCUT2D eigenvalue weighted by atomic mass is 9.91. The Hall–Kier alpha value is -2.89. The van der Waals surface area contributed by atoms with Crippen LogP contribution < -0.4 is 15.6 Å². The zero-order chi connectivity index (χ0) is 19.8. The van der Waals surface area contributed by atoms with E-state index in [1.165, 1.54) is 12.8 Å². The fourth-order valence-corrected chi connectivity index (χ4v) is 4.36. The third-order valence-corrected chi connectivity index (χ3v) is 6.19. The average Bonchev–Trinajstić information content (AvgIpc) is 3.60. The molecule has 0 aliphatic heterocycles. The van der Waals surface area contributed by atoms with Gasteiger partial charge in [0.25, 0.3) is 5.56 Å². The summed E-state index contributed by atoms with van der Waals surface area (Å²) in [6.45, 7) is 0. The molecule has 3 aromatic rings. The Bertz CT molecular complexity index is 1080. The smallest absolute Gasteiger partial charge is 0.267 e. The van der Waals surface area contributed by atoms with Gasteiger partial charge in [0, 0.05) is 35.3 Å². The van der Waals surface area contributed by atoms with Crippen LogP contribution in [0, 0.1) is 0 Å². The maximum Gasteiger partial charge on any atom is 0.267 e. The second-order valence-electron chi connectivity index (χ2n) is 8.21. The number of hydrogen-bond acceptors (Lipinski definition) is 5. The fraction of sp³-hybridized carbons (Fsp3) is 0.435. The molecule has 2 aliphatic rings. The van der Waals surface area contributed by atoms with E-state index < -0.39 is 0 Å². The first-order chi connectivity index (χ1) is 14.2. The van der Waals surface area contributed by atoms with Gasteiger partial charge in [0.2, 0.25) is 0 Å².